The molecule has 1 aliphatic heterocycles. The number of anilines is 1. The number of morpholine rings is 1. The second-order valence-electron chi connectivity index (χ2n) is 5.69. The number of halogens is 1. The first-order chi connectivity index (χ1) is 11.7. The molecule has 1 saturated heterocycles. The van der Waals surface area contributed by atoms with Crippen molar-refractivity contribution in [3.05, 3.63) is 58.9 Å². The Bertz CT molecular complexity index is 685. The van der Waals surface area contributed by atoms with Gasteiger partial charge in [-0.2, -0.15) is 0 Å². The maximum absolute atomic E-state index is 12.3. The summed E-state index contributed by atoms with van der Waals surface area (Å²) in [6.45, 7) is 3.72. The van der Waals surface area contributed by atoms with Crippen LogP contribution in [0.1, 0.15) is 16.1 Å². The van der Waals surface area contributed by atoms with Crippen molar-refractivity contribution in [2.45, 2.75) is 6.42 Å². The van der Waals surface area contributed by atoms with Crippen molar-refractivity contribution in [3.8, 4) is 0 Å². The minimum atomic E-state index is -0.0981. The Labute approximate surface area is 146 Å². The molecule has 0 atom stereocenters. The van der Waals surface area contributed by atoms with Gasteiger partial charge in [0.2, 0.25) is 0 Å². The van der Waals surface area contributed by atoms with E-state index in [0.29, 0.717) is 12.2 Å². The number of carbonyl (C=O) groups excluding carboxylic acids is 1. The van der Waals surface area contributed by atoms with Crippen LogP contribution < -0.4 is 15.2 Å². The number of rotatable bonds is 5. The fraction of sp³-hybridized carbons (Fsp3) is 0.333. The zero-order valence-corrected chi connectivity index (χ0v) is 14.2. The van der Waals surface area contributed by atoms with Gasteiger partial charge >= 0.3 is 5.91 Å². The van der Waals surface area contributed by atoms with Crippen molar-refractivity contribution in [1.29, 1.82) is 0 Å². The van der Waals surface area contributed by atoms with E-state index in [2.05, 4.69) is 15.2 Å². The fourth-order valence-corrected chi connectivity index (χ4v) is 2.80. The Hall–Kier alpha value is -2.11. The van der Waals surface area contributed by atoms with Gasteiger partial charge in [0.15, 0.2) is 6.20 Å². The standard InChI is InChI=1S/C18H20ClN3O2/c19-15-3-1-14(2-4-15)5-7-21-18(23)17-13-16(6-8-20-17)22-9-11-24-12-10-22/h1-4,6,8,13H,5,7,9-12H2,(H,21,23)/p+1. The van der Waals surface area contributed by atoms with Crippen molar-refractivity contribution in [2.24, 2.45) is 0 Å². The topological polar surface area (TPSA) is 55.7 Å². The molecule has 0 aliphatic carbocycles. The maximum atomic E-state index is 12.3. The average Bonchev–Trinajstić information content (AvgIpc) is 2.64. The predicted molar refractivity (Wildman–Crippen MR) is 93.5 cm³/mol. The van der Waals surface area contributed by atoms with Crippen LogP contribution in [0.4, 0.5) is 5.69 Å². The van der Waals surface area contributed by atoms with Crippen LogP contribution in [0.2, 0.25) is 5.02 Å². The fourth-order valence-electron chi connectivity index (χ4n) is 2.67. The van der Waals surface area contributed by atoms with Crippen LogP contribution in [0.5, 0.6) is 0 Å². The van der Waals surface area contributed by atoms with E-state index in [4.69, 9.17) is 16.3 Å². The zero-order valence-electron chi connectivity index (χ0n) is 13.4. The van der Waals surface area contributed by atoms with Crippen molar-refractivity contribution in [2.75, 3.05) is 37.7 Å². The van der Waals surface area contributed by atoms with Gasteiger partial charge in [0, 0.05) is 42.5 Å². The maximum Gasteiger partial charge on any atom is 0.316 e. The first kappa shape index (κ1) is 16.7. The molecule has 2 N–H and O–H groups in total. The molecule has 1 aromatic carbocycles. The Morgan fingerprint density at radius 3 is 2.71 bits per heavy atom. The van der Waals surface area contributed by atoms with Gasteiger partial charge in [0.05, 0.1) is 13.2 Å². The van der Waals surface area contributed by atoms with Crippen LogP contribution in [0.3, 0.4) is 0 Å². The number of hydrogen-bond donors (Lipinski definition) is 1. The van der Waals surface area contributed by atoms with E-state index in [1.807, 2.05) is 36.4 Å². The summed E-state index contributed by atoms with van der Waals surface area (Å²) in [5, 5.41) is 3.67. The summed E-state index contributed by atoms with van der Waals surface area (Å²) >= 11 is 5.87. The van der Waals surface area contributed by atoms with Gasteiger partial charge < -0.3 is 15.0 Å². The molecule has 2 aromatic rings. The Balaban J connectivity index is 1.55. The molecule has 0 spiro atoms. The first-order valence-corrected chi connectivity index (χ1v) is 8.47. The van der Waals surface area contributed by atoms with Gasteiger partial charge in [-0.1, -0.05) is 23.7 Å². The number of pyridine rings is 1. The number of nitrogens with zero attached hydrogens (tertiary/aromatic N) is 1. The van der Waals surface area contributed by atoms with Crippen molar-refractivity contribution < 1.29 is 14.5 Å². The molecule has 1 aliphatic rings. The average molecular weight is 347 g/mol. The normalized spacial score (nSPS) is 14.5. The molecule has 6 heteroatoms. The molecule has 3 rings (SSSR count). The second-order valence-corrected chi connectivity index (χ2v) is 6.13. The van der Waals surface area contributed by atoms with Gasteiger partial charge in [0.25, 0.3) is 5.69 Å². The molecular weight excluding hydrogens is 326 g/mol. The quantitative estimate of drug-likeness (QED) is 0.900. The van der Waals surface area contributed by atoms with Crippen LogP contribution in [0, 0.1) is 0 Å². The second kappa shape index (κ2) is 8.13. The van der Waals surface area contributed by atoms with E-state index in [-0.39, 0.29) is 5.91 Å². The number of benzene rings is 1. The molecule has 5 nitrogen and oxygen atoms in total. The largest absolute Gasteiger partial charge is 0.378 e. The van der Waals surface area contributed by atoms with Gasteiger partial charge in [-0.3, -0.25) is 4.79 Å². The van der Waals surface area contributed by atoms with Gasteiger partial charge in [0.1, 0.15) is 0 Å². The summed E-state index contributed by atoms with van der Waals surface area (Å²) in [6.07, 6.45) is 2.57. The third kappa shape index (κ3) is 4.46. The lowest BCUT2D eigenvalue weighted by Gasteiger charge is -2.28. The minimum absolute atomic E-state index is 0.0981. The number of aromatic nitrogens is 1. The highest BCUT2D eigenvalue weighted by atomic mass is 35.5. The van der Waals surface area contributed by atoms with E-state index in [0.717, 1.165) is 49.0 Å². The molecule has 126 valence electrons. The van der Waals surface area contributed by atoms with E-state index < -0.39 is 0 Å². The third-order valence-electron chi connectivity index (χ3n) is 4.02. The number of carbonyl (C=O) groups is 1. The van der Waals surface area contributed by atoms with Crippen LogP contribution in [0.15, 0.2) is 42.6 Å². The van der Waals surface area contributed by atoms with Gasteiger partial charge in [-0.05, 0) is 24.1 Å². The van der Waals surface area contributed by atoms with Crippen LogP contribution in [-0.2, 0) is 11.2 Å². The third-order valence-corrected chi connectivity index (χ3v) is 4.27. The summed E-state index contributed by atoms with van der Waals surface area (Å²) < 4.78 is 5.36. The molecule has 2 heterocycles. The van der Waals surface area contributed by atoms with E-state index in [9.17, 15) is 4.79 Å². The van der Waals surface area contributed by atoms with Crippen LogP contribution >= 0.6 is 11.6 Å². The Morgan fingerprint density at radius 1 is 1.21 bits per heavy atom. The van der Waals surface area contributed by atoms with Crippen molar-refractivity contribution in [1.82, 2.24) is 5.32 Å². The van der Waals surface area contributed by atoms with E-state index >= 15 is 0 Å². The van der Waals surface area contributed by atoms with Gasteiger partial charge in [-0.25, -0.2) is 4.98 Å². The summed E-state index contributed by atoms with van der Waals surface area (Å²) in [7, 11) is 0. The number of H-pyrrole nitrogens is 1. The smallest absolute Gasteiger partial charge is 0.316 e. The Kier molecular flexibility index (Phi) is 5.67. The highest BCUT2D eigenvalue weighted by Crippen LogP contribution is 2.14. The summed E-state index contributed by atoms with van der Waals surface area (Å²) in [5.74, 6) is -0.0981. The number of nitrogens with one attached hydrogen (secondary N) is 2. The molecule has 1 amide bonds. The molecule has 0 saturated carbocycles. The Morgan fingerprint density at radius 2 is 1.96 bits per heavy atom. The van der Waals surface area contributed by atoms with Crippen molar-refractivity contribution in [3.63, 3.8) is 0 Å². The highest BCUT2D eigenvalue weighted by Gasteiger charge is 2.17. The number of amides is 1. The molecule has 1 aromatic heterocycles. The SMILES string of the molecule is O=C(NCCc1ccc(Cl)cc1)c1cc(N2CCOCC2)cc[nH+]1. The highest BCUT2D eigenvalue weighted by molar-refractivity contribution is 6.30. The van der Waals surface area contributed by atoms with Crippen LogP contribution in [0.25, 0.3) is 0 Å². The molecule has 0 radical (unpaired) electrons. The lowest BCUT2D eigenvalue weighted by atomic mass is 10.1. The van der Waals surface area contributed by atoms with Crippen LogP contribution in [-0.4, -0.2) is 38.8 Å². The van der Waals surface area contributed by atoms with Crippen molar-refractivity contribution >= 4 is 23.2 Å². The van der Waals surface area contributed by atoms with E-state index in [1.54, 1.807) is 6.20 Å². The number of aromatic amines is 1. The lowest BCUT2D eigenvalue weighted by molar-refractivity contribution is -0.381. The number of hydrogen-bond acceptors (Lipinski definition) is 3. The summed E-state index contributed by atoms with van der Waals surface area (Å²) in [5.41, 5.74) is 2.75. The summed E-state index contributed by atoms with van der Waals surface area (Å²) in [4.78, 5) is 17.6. The zero-order chi connectivity index (χ0) is 16.8. The molecule has 24 heavy (non-hydrogen) atoms. The molecule has 1 fully saturated rings. The molecular formula is C18H21ClN3O2+. The molecule has 0 bridgehead atoms. The molecule has 0 unspecified atom stereocenters. The van der Waals surface area contributed by atoms with E-state index in [1.165, 1.54) is 0 Å². The predicted octanol–water partition coefficient (Wildman–Crippen LogP) is 1.96. The summed E-state index contributed by atoms with van der Waals surface area (Å²) in [6, 6.07) is 11.5. The monoisotopic (exact) mass is 346 g/mol. The lowest BCUT2D eigenvalue weighted by Crippen LogP contribution is -2.37. The van der Waals surface area contributed by atoms with Gasteiger partial charge in [-0.15, -0.1) is 0 Å². The first-order valence-electron chi connectivity index (χ1n) is 8.09. The minimum Gasteiger partial charge on any atom is -0.378 e. The number of ether oxygens (including phenoxy) is 1.